The van der Waals surface area contributed by atoms with E-state index in [-0.39, 0.29) is 0 Å². The quantitative estimate of drug-likeness (QED) is 0.381. The molecule has 0 amide bonds. The van der Waals surface area contributed by atoms with Gasteiger partial charge in [-0.1, -0.05) is 35.0 Å². The highest BCUT2D eigenvalue weighted by atomic mass is 79.9. The van der Waals surface area contributed by atoms with Crippen LogP contribution in [0.4, 0.5) is 0 Å². The Balaban J connectivity index is 1.95. The minimum atomic E-state index is 0.600. The summed E-state index contributed by atoms with van der Waals surface area (Å²) in [4.78, 5) is 6.76. The predicted molar refractivity (Wildman–Crippen MR) is 107 cm³/mol. The van der Waals surface area contributed by atoms with E-state index in [1.165, 1.54) is 5.56 Å². The van der Waals surface area contributed by atoms with Crippen molar-refractivity contribution in [2.24, 2.45) is 4.99 Å². The summed E-state index contributed by atoms with van der Waals surface area (Å²) in [5.74, 6) is 1.85. The molecule has 0 unspecified atom stereocenters. The molecule has 142 valence electrons. The average Bonchev–Trinajstić information content (AvgIpc) is 3.10. The van der Waals surface area contributed by atoms with E-state index < -0.39 is 0 Å². The number of hydrogen-bond donors (Lipinski definition) is 1. The molecule has 0 aliphatic heterocycles. The van der Waals surface area contributed by atoms with Gasteiger partial charge < -0.3 is 19.5 Å². The van der Waals surface area contributed by atoms with Crippen molar-refractivity contribution >= 4 is 21.9 Å². The largest absolute Gasteiger partial charge is 0.383 e. The van der Waals surface area contributed by atoms with E-state index in [1.807, 2.05) is 7.05 Å². The van der Waals surface area contributed by atoms with Gasteiger partial charge in [0.15, 0.2) is 5.96 Å². The summed E-state index contributed by atoms with van der Waals surface area (Å²) in [6.07, 6.45) is 2.64. The third kappa shape index (κ3) is 6.42. The predicted octanol–water partition coefficient (Wildman–Crippen LogP) is 2.33. The summed E-state index contributed by atoms with van der Waals surface area (Å²) in [5, 5.41) is 11.5. The van der Waals surface area contributed by atoms with E-state index in [1.54, 1.807) is 13.4 Å². The SMILES string of the molecule is CCc1nncn1CCNC(=NCCOC)N(C)Cc1ccc(Br)cc1. The molecule has 0 radical (unpaired) electrons. The van der Waals surface area contributed by atoms with Crippen LogP contribution in [0.2, 0.25) is 0 Å². The fraction of sp³-hybridized carbons (Fsp3) is 0.500. The first kappa shape index (κ1) is 20.4. The smallest absolute Gasteiger partial charge is 0.194 e. The van der Waals surface area contributed by atoms with Crippen LogP contribution in [0.3, 0.4) is 0 Å². The first-order valence-corrected chi connectivity index (χ1v) is 9.52. The Hall–Kier alpha value is -1.93. The Kier molecular flexibility index (Phi) is 8.57. The lowest BCUT2D eigenvalue weighted by atomic mass is 10.2. The lowest BCUT2D eigenvalue weighted by Gasteiger charge is -2.23. The van der Waals surface area contributed by atoms with Gasteiger partial charge in [-0.15, -0.1) is 10.2 Å². The van der Waals surface area contributed by atoms with Crippen LogP contribution in [0.5, 0.6) is 0 Å². The Morgan fingerprint density at radius 1 is 1.35 bits per heavy atom. The minimum absolute atomic E-state index is 0.600. The lowest BCUT2D eigenvalue weighted by Crippen LogP contribution is -2.40. The molecule has 0 atom stereocenters. The molecule has 0 bridgehead atoms. The fourth-order valence-electron chi connectivity index (χ4n) is 2.52. The summed E-state index contributed by atoms with van der Waals surface area (Å²) in [6.45, 7) is 5.63. The van der Waals surface area contributed by atoms with Gasteiger partial charge in [0.25, 0.3) is 0 Å². The molecule has 1 heterocycles. The maximum atomic E-state index is 5.12. The van der Waals surface area contributed by atoms with Crippen LogP contribution in [-0.4, -0.2) is 59.5 Å². The number of aryl methyl sites for hydroxylation is 1. The van der Waals surface area contributed by atoms with E-state index in [0.717, 1.165) is 42.3 Å². The first-order chi connectivity index (χ1) is 12.6. The molecule has 1 aromatic heterocycles. The number of aromatic nitrogens is 3. The zero-order valence-electron chi connectivity index (χ0n) is 15.7. The Morgan fingerprint density at radius 3 is 2.81 bits per heavy atom. The standard InChI is InChI=1S/C18H27BrN6O/c1-4-17-23-22-14-25(17)11-9-20-18(21-10-12-26-3)24(2)13-15-5-7-16(19)8-6-15/h5-8,14H,4,9-13H2,1-3H3,(H,20,21). The molecule has 1 aromatic carbocycles. The molecule has 2 aromatic rings. The Morgan fingerprint density at radius 2 is 2.12 bits per heavy atom. The van der Waals surface area contributed by atoms with Crippen molar-refractivity contribution in [3.8, 4) is 0 Å². The van der Waals surface area contributed by atoms with E-state index in [0.29, 0.717) is 13.2 Å². The monoisotopic (exact) mass is 422 g/mol. The number of guanidine groups is 1. The maximum absolute atomic E-state index is 5.12. The van der Waals surface area contributed by atoms with Gasteiger partial charge in [-0.05, 0) is 17.7 Å². The molecular formula is C18H27BrN6O. The number of rotatable bonds is 9. The summed E-state index contributed by atoms with van der Waals surface area (Å²) >= 11 is 3.47. The van der Waals surface area contributed by atoms with Gasteiger partial charge in [0, 0.05) is 44.7 Å². The normalized spacial score (nSPS) is 11.6. The van der Waals surface area contributed by atoms with Crippen LogP contribution in [0.1, 0.15) is 18.3 Å². The topological polar surface area (TPSA) is 67.6 Å². The number of halogens is 1. The van der Waals surface area contributed by atoms with E-state index in [9.17, 15) is 0 Å². The van der Waals surface area contributed by atoms with Crippen LogP contribution in [-0.2, 0) is 24.2 Å². The summed E-state index contributed by atoms with van der Waals surface area (Å²) < 4.78 is 8.26. The van der Waals surface area contributed by atoms with Crippen molar-refractivity contribution < 1.29 is 4.74 Å². The van der Waals surface area contributed by atoms with Gasteiger partial charge in [-0.3, -0.25) is 4.99 Å². The molecule has 0 fully saturated rings. The summed E-state index contributed by atoms with van der Waals surface area (Å²) in [5.41, 5.74) is 1.23. The van der Waals surface area contributed by atoms with Gasteiger partial charge in [0.2, 0.25) is 0 Å². The van der Waals surface area contributed by atoms with Crippen molar-refractivity contribution in [3.05, 3.63) is 46.5 Å². The van der Waals surface area contributed by atoms with E-state index >= 15 is 0 Å². The second-order valence-electron chi connectivity index (χ2n) is 5.90. The van der Waals surface area contributed by atoms with Crippen LogP contribution in [0.15, 0.2) is 40.1 Å². The second-order valence-corrected chi connectivity index (χ2v) is 6.82. The molecule has 2 rings (SSSR count). The highest BCUT2D eigenvalue weighted by molar-refractivity contribution is 9.10. The molecule has 7 nitrogen and oxygen atoms in total. The van der Waals surface area contributed by atoms with Gasteiger partial charge >= 0.3 is 0 Å². The number of nitrogens with one attached hydrogen (secondary N) is 1. The van der Waals surface area contributed by atoms with Crippen molar-refractivity contribution in [3.63, 3.8) is 0 Å². The Bertz CT molecular complexity index is 685. The zero-order chi connectivity index (χ0) is 18.8. The number of methoxy groups -OCH3 is 1. The second kappa shape index (κ2) is 10.9. The fourth-order valence-corrected chi connectivity index (χ4v) is 2.78. The van der Waals surface area contributed by atoms with Crippen molar-refractivity contribution in [1.29, 1.82) is 0 Å². The van der Waals surface area contributed by atoms with E-state index in [4.69, 9.17) is 4.74 Å². The molecule has 0 spiro atoms. The number of ether oxygens (including phenoxy) is 1. The molecule has 0 aliphatic rings. The molecule has 26 heavy (non-hydrogen) atoms. The highest BCUT2D eigenvalue weighted by Crippen LogP contribution is 2.11. The highest BCUT2D eigenvalue weighted by Gasteiger charge is 2.08. The zero-order valence-corrected chi connectivity index (χ0v) is 17.2. The van der Waals surface area contributed by atoms with Crippen LogP contribution < -0.4 is 5.32 Å². The minimum Gasteiger partial charge on any atom is -0.383 e. The number of benzene rings is 1. The van der Waals surface area contributed by atoms with Gasteiger partial charge in [-0.2, -0.15) is 0 Å². The van der Waals surface area contributed by atoms with Crippen LogP contribution >= 0.6 is 15.9 Å². The van der Waals surface area contributed by atoms with Gasteiger partial charge in [-0.25, -0.2) is 0 Å². The maximum Gasteiger partial charge on any atom is 0.194 e. The molecular weight excluding hydrogens is 396 g/mol. The lowest BCUT2D eigenvalue weighted by molar-refractivity contribution is 0.207. The number of nitrogens with zero attached hydrogens (tertiary/aromatic N) is 5. The summed E-state index contributed by atoms with van der Waals surface area (Å²) in [7, 11) is 3.73. The van der Waals surface area contributed by atoms with Gasteiger partial charge in [0.05, 0.1) is 13.2 Å². The number of hydrogen-bond acceptors (Lipinski definition) is 4. The van der Waals surface area contributed by atoms with E-state index in [2.05, 4.69) is 77.1 Å². The van der Waals surface area contributed by atoms with Gasteiger partial charge in [0.1, 0.15) is 12.2 Å². The third-order valence-corrected chi connectivity index (χ3v) is 4.43. The van der Waals surface area contributed by atoms with Crippen LogP contribution in [0.25, 0.3) is 0 Å². The molecule has 8 heteroatoms. The van der Waals surface area contributed by atoms with Crippen molar-refractivity contribution in [2.75, 3.05) is 33.9 Å². The molecule has 0 saturated carbocycles. The molecule has 0 saturated heterocycles. The third-order valence-electron chi connectivity index (χ3n) is 3.90. The summed E-state index contributed by atoms with van der Waals surface area (Å²) in [6, 6.07) is 8.32. The van der Waals surface area contributed by atoms with Crippen LogP contribution in [0, 0.1) is 0 Å². The Labute approximate surface area is 163 Å². The van der Waals surface area contributed by atoms with Crippen molar-refractivity contribution in [1.82, 2.24) is 25.0 Å². The first-order valence-electron chi connectivity index (χ1n) is 8.73. The van der Waals surface area contributed by atoms with Crippen molar-refractivity contribution in [2.45, 2.75) is 26.4 Å². The molecule has 0 aliphatic carbocycles. The molecule has 1 N–H and O–H groups in total. The number of aliphatic imine (C=N–C) groups is 1. The average molecular weight is 423 g/mol.